The van der Waals surface area contributed by atoms with Gasteiger partial charge in [0.1, 0.15) is 0 Å². The lowest BCUT2D eigenvalue weighted by molar-refractivity contribution is 0.484. The van der Waals surface area contributed by atoms with E-state index in [9.17, 15) is 0 Å². The van der Waals surface area contributed by atoms with Gasteiger partial charge in [0.2, 0.25) is 0 Å². The minimum absolute atomic E-state index is 0.486. The van der Waals surface area contributed by atoms with E-state index in [1.807, 2.05) is 6.20 Å². The smallest absolute Gasteiger partial charge is 0.185 e. The number of hydrogen-bond donors (Lipinski definition) is 0. The minimum Gasteiger partial charge on any atom is -0.345 e. The molecule has 2 rings (SSSR count). The predicted molar refractivity (Wildman–Crippen MR) is 62.1 cm³/mol. The van der Waals surface area contributed by atoms with E-state index in [4.69, 9.17) is 5.26 Å². The molecule has 0 aliphatic carbocycles. The molecule has 1 atom stereocenters. The normalized spacial score (nSPS) is 21.3. The molecular weight excluding hydrogens is 206 g/mol. The van der Waals surface area contributed by atoms with Gasteiger partial charge < -0.3 is 4.90 Å². The third kappa shape index (κ3) is 2.29. The minimum atomic E-state index is 0.486. The van der Waals surface area contributed by atoms with Gasteiger partial charge in [-0.25, -0.2) is 4.98 Å². The number of piperidine rings is 1. The zero-order valence-corrected chi connectivity index (χ0v) is 9.76. The van der Waals surface area contributed by atoms with Crippen molar-refractivity contribution in [2.75, 3.05) is 11.4 Å². The van der Waals surface area contributed by atoms with E-state index in [0.29, 0.717) is 12.5 Å². The first-order valence-corrected chi connectivity index (χ1v) is 6.21. The van der Waals surface area contributed by atoms with Gasteiger partial charge in [0.25, 0.3) is 0 Å². The Labute approximate surface area is 94.4 Å². The summed E-state index contributed by atoms with van der Waals surface area (Å²) in [5.41, 5.74) is 0. The highest BCUT2D eigenvalue weighted by atomic mass is 32.1. The molecule has 1 aliphatic rings. The predicted octanol–water partition coefficient (Wildman–Crippen LogP) is 2.59. The third-order valence-corrected chi connectivity index (χ3v) is 3.88. The molecule has 1 aromatic heterocycles. The van der Waals surface area contributed by atoms with Crippen LogP contribution >= 0.6 is 11.3 Å². The van der Waals surface area contributed by atoms with Crippen LogP contribution in [0, 0.1) is 11.3 Å². The Balaban J connectivity index is 2.10. The first kappa shape index (κ1) is 10.4. The average molecular weight is 221 g/mol. The van der Waals surface area contributed by atoms with E-state index in [-0.39, 0.29) is 0 Å². The molecular formula is C11H15N3S. The van der Waals surface area contributed by atoms with E-state index in [1.54, 1.807) is 11.3 Å². The van der Waals surface area contributed by atoms with Gasteiger partial charge in [0, 0.05) is 23.7 Å². The van der Waals surface area contributed by atoms with Crippen LogP contribution in [0.1, 0.15) is 31.1 Å². The Bertz CT molecular complexity index is 366. The quantitative estimate of drug-likeness (QED) is 0.770. The second-order valence-electron chi connectivity index (χ2n) is 3.98. The van der Waals surface area contributed by atoms with E-state index in [0.717, 1.165) is 16.6 Å². The van der Waals surface area contributed by atoms with Crippen LogP contribution in [0.4, 0.5) is 5.13 Å². The Morgan fingerprint density at radius 1 is 1.67 bits per heavy atom. The molecule has 80 valence electrons. The van der Waals surface area contributed by atoms with Crippen molar-refractivity contribution < 1.29 is 0 Å². The topological polar surface area (TPSA) is 39.9 Å². The van der Waals surface area contributed by atoms with Gasteiger partial charge in [0.15, 0.2) is 5.13 Å². The van der Waals surface area contributed by atoms with Crippen LogP contribution < -0.4 is 4.90 Å². The summed E-state index contributed by atoms with van der Waals surface area (Å²) in [5.74, 6) is 0. The van der Waals surface area contributed by atoms with Crippen molar-refractivity contribution in [2.24, 2.45) is 0 Å². The van der Waals surface area contributed by atoms with Gasteiger partial charge in [-0.15, -0.1) is 11.3 Å². The van der Waals surface area contributed by atoms with Gasteiger partial charge in [-0.1, -0.05) is 0 Å². The Hall–Kier alpha value is -1.08. The molecule has 1 fully saturated rings. The molecule has 0 N–H and O–H groups in total. The fraction of sp³-hybridized carbons (Fsp3) is 0.636. The number of rotatable bonds is 2. The summed E-state index contributed by atoms with van der Waals surface area (Å²) in [7, 11) is 0. The van der Waals surface area contributed by atoms with Crippen LogP contribution in [0.3, 0.4) is 0 Å². The van der Waals surface area contributed by atoms with Crippen LogP contribution in [0.15, 0.2) is 6.20 Å². The molecule has 1 unspecified atom stereocenters. The molecule has 0 saturated carbocycles. The lowest BCUT2D eigenvalue weighted by Crippen LogP contribution is -2.37. The molecule has 1 saturated heterocycles. The van der Waals surface area contributed by atoms with Crippen molar-refractivity contribution in [3.05, 3.63) is 11.1 Å². The highest BCUT2D eigenvalue weighted by molar-refractivity contribution is 7.15. The van der Waals surface area contributed by atoms with Gasteiger partial charge in [-0.2, -0.15) is 5.26 Å². The van der Waals surface area contributed by atoms with Crippen molar-refractivity contribution in [3.8, 4) is 6.07 Å². The first-order chi connectivity index (χ1) is 7.31. The van der Waals surface area contributed by atoms with E-state index in [2.05, 4.69) is 22.9 Å². The molecule has 0 radical (unpaired) electrons. The van der Waals surface area contributed by atoms with Crippen LogP contribution in [0.2, 0.25) is 0 Å². The highest BCUT2D eigenvalue weighted by Gasteiger charge is 2.20. The van der Waals surface area contributed by atoms with Gasteiger partial charge in [0.05, 0.1) is 12.5 Å². The summed E-state index contributed by atoms with van der Waals surface area (Å²) in [5, 5.41) is 9.70. The van der Waals surface area contributed by atoms with Crippen molar-refractivity contribution in [1.29, 1.82) is 5.26 Å². The number of hydrogen-bond acceptors (Lipinski definition) is 4. The van der Waals surface area contributed by atoms with Crippen LogP contribution in [-0.2, 0) is 6.42 Å². The molecule has 0 spiro atoms. The summed E-state index contributed by atoms with van der Waals surface area (Å²) in [6.07, 6.45) is 6.17. The lowest BCUT2D eigenvalue weighted by atomic mass is 10.1. The van der Waals surface area contributed by atoms with Gasteiger partial charge in [-0.05, 0) is 26.2 Å². The molecule has 1 aromatic rings. The standard InChI is InChI=1S/C11H15N3S/c1-9-4-2-3-7-14(9)11-13-8-10(15-11)5-6-12/h8-9H,2-5,7H2,1H3. The van der Waals surface area contributed by atoms with E-state index < -0.39 is 0 Å². The van der Waals surface area contributed by atoms with Crippen molar-refractivity contribution in [3.63, 3.8) is 0 Å². The number of nitrogens with zero attached hydrogens (tertiary/aromatic N) is 3. The van der Waals surface area contributed by atoms with Crippen molar-refractivity contribution in [1.82, 2.24) is 4.98 Å². The molecule has 0 aromatic carbocycles. The Morgan fingerprint density at radius 3 is 3.27 bits per heavy atom. The molecule has 3 nitrogen and oxygen atoms in total. The summed E-state index contributed by atoms with van der Waals surface area (Å²) in [4.78, 5) is 7.85. The fourth-order valence-electron chi connectivity index (χ4n) is 1.97. The maximum atomic E-state index is 8.61. The molecule has 1 aliphatic heterocycles. The SMILES string of the molecule is CC1CCCCN1c1ncc(CC#N)s1. The van der Waals surface area contributed by atoms with E-state index >= 15 is 0 Å². The summed E-state index contributed by atoms with van der Waals surface area (Å²) >= 11 is 1.66. The van der Waals surface area contributed by atoms with Gasteiger partial charge >= 0.3 is 0 Å². The van der Waals surface area contributed by atoms with E-state index in [1.165, 1.54) is 19.3 Å². The second-order valence-corrected chi connectivity index (χ2v) is 5.08. The largest absolute Gasteiger partial charge is 0.345 e. The Kier molecular flexibility index (Phi) is 3.22. The highest BCUT2D eigenvalue weighted by Crippen LogP contribution is 2.28. The Morgan fingerprint density at radius 2 is 2.53 bits per heavy atom. The molecule has 4 heteroatoms. The molecule has 15 heavy (non-hydrogen) atoms. The van der Waals surface area contributed by atoms with Crippen molar-refractivity contribution in [2.45, 2.75) is 38.6 Å². The summed E-state index contributed by atoms with van der Waals surface area (Å²) < 4.78 is 0. The monoisotopic (exact) mass is 221 g/mol. The zero-order valence-electron chi connectivity index (χ0n) is 8.94. The third-order valence-electron chi connectivity index (χ3n) is 2.84. The van der Waals surface area contributed by atoms with Crippen LogP contribution in [0.5, 0.6) is 0 Å². The number of nitriles is 1. The first-order valence-electron chi connectivity index (χ1n) is 5.39. The maximum absolute atomic E-state index is 8.61. The van der Waals surface area contributed by atoms with Crippen molar-refractivity contribution >= 4 is 16.5 Å². The molecule has 2 heterocycles. The zero-order chi connectivity index (χ0) is 10.7. The second kappa shape index (κ2) is 4.63. The molecule has 0 amide bonds. The number of thiazole rings is 1. The number of anilines is 1. The summed E-state index contributed by atoms with van der Waals surface area (Å²) in [6.45, 7) is 3.37. The van der Waals surface area contributed by atoms with Gasteiger partial charge in [-0.3, -0.25) is 0 Å². The van der Waals surface area contributed by atoms with Crippen LogP contribution in [0.25, 0.3) is 0 Å². The fourth-order valence-corrected chi connectivity index (χ4v) is 2.94. The lowest BCUT2D eigenvalue weighted by Gasteiger charge is -2.33. The van der Waals surface area contributed by atoms with Crippen LogP contribution in [-0.4, -0.2) is 17.6 Å². The summed E-state index contributed by atoms with van der Waals surface area (Å²) in [6, 6.07) is 2.76. The number of aromatic nitrogens is 1. The maximum Gasteiger partial charge on any atom is 0.185 e. The molecule has 0 bridgehead atoms. The average Bonchev–Trinajstić information content (AvgIpc) is 2.68.